The van der Waals surface area contributed by atoms with Gasteiger partial charge in [0.25, 0.3) is 5.91 Å². The van der Waals surface area contributed by atoms with Crippen molar-refractivity contribution in [2.45, 2.75) is 38.1 Å². The Labute approximate surface area is 157 Å². The lowest BCUT2D eigenvalue weighted by atomic mass is 9.78. The number of pyridine rings is 1. The summed E-state index contributed by atoms with van der Waals surface area (Å²) in [6.07, 6.45) is 5.65. The first-order valence-electron chi connectivity index (χ1n) is 9.33. The zero-order valence-corrected chi connectivity index (χ0v) is 15.3. The average molecular weight is 369 g/mol. The van der Waals surface area contributed by atoms with Crippen molar-refractivity contribution in [3.63, 3.8) is 0 Å². The Morgan fingerprint density at radius 3 is 2.74 bits per heavy atom. The van der Waals surface area contributed by atoms with Crippen LogP contribution in [0.5, 0.6) is 5.75 Å². The first-order valence-corrected chi connectivity index (χ1v) is 9.33. The highest BCUT2D eigenvalue weighted by atomic mass is 16.3. The molecule has 8 nitrogen and oxygen atoms in total. The van der Waals surface area contributed by atoms with Crippen molar-refractivity contribution in [1.82, 2.24) is 24.8 Å². The van der Waals surface area contributed by atoms with E-state index < -0.39 is 5.54 Å². The van der Waals surface area contributed by atoms with Crippen LogP contribution < -0.4 is 0 Å². The Morgan fingerprint density at radius 2 is 2.04 bits per heavy atom. The van der Waals surface area contributed by atoms with Crippen LogP contribution in [0.1, 0.15) is 48.1 Å². The lowest BCUT2D eigenvalue weighted by molar-refractivity contribution is -0.141. The molecule has 2 N–H and O–H groups in total. The second kappa shape index (κ2) is 6.68. The smallest absolute Gasteiger partial charge is 0.276 e. The molecule has 2 aromatic rings. The highest BCUT2D eigenvalue weighted by Crippen LogP contribution is 2.42. The van der Waals surface area contributed by atoms with Crippen LogP contribution in [0.15, 0.2) is 24.7 Å². The van der Waals surface area contributed by atoms with E-state index in [1.165, 1.54) is 12.3 Å². The van der Waals surface area contributed by atoms with Gasteiger partial charge >= 0.3 is 0 Å². The first-order chi connectivity index (χ1) is 13.1. The van der Waals surface area contributed by atoms with Gasteiger partial charge in [0.1, 0.15) is 5.75 Å². The summed E-state index contributed by atoms with van der Waals surface area (Å²) < 4.78 is 0. The van der Waals surface area contributed by atoms with Gasteiger partial charge in [-0.2, -0.15) is 0 Å². The van der Waals surface area contributed by atoms with Crippen molar-refractivity contribution in [3.05, 3.63) is 41.7 Å². The SMILES string of the molecule is CCC(=O)N1CCc2[nH]cnc2C12CCN(C(=O)c1ncccc1O)CC2. The highest BCUT2D eigenvalue weighted by Gasteiger charge is 2.48. The Morgan fingerprint density at radius 1 is 1.26 bits per heavy atom. The predicted octanol–water partition coefficient (Wildman–Crippen LogP) is 1.44. The molecule has 0 saturated carbocycles. The molecule has 1 saturated heterocycles. The van der Waals surface area contributed by atoms with E-state index in [0.29, 0.717) is 38.9 Å². The number of amides is 2. The Kier molecular flexibility index (Phi) is 4.33. The third-order valence-corrected chi connectivity index (χ3v) is 5.73. The van der Waals surface area contributed by atoms with Crippen LogP contribution in [0.4, 0.5) is 0 Å². The molecular formula is C19H23N5O3. The van der Waals surface area contributed by atoms with Crippen LogP contribution in [0.25, 0.3) is 0 Å². The lowest BCUT2D eigenvalue weighted by Gasteiger charge is -2.50. The number of fused-ring (bicyclic) bond motifs is 2. The van der Waals surface area contributed by atoms with Crippen LogP contribution in [0, 0.1) is 0 Å². The number of nitrogens with zero attached hydrogens (tertiary/aromatic N) is 4. The molecular weight excluding hydrogens is 346 g/mol. The van der Waals surface area contributed by atoms with Crippen molar-refractivity contribution in [1.29, 1.82) is 0 Å². The normalized spacial score (nSPS) is 18.4. The van der Waals surface area contributed by atoms with Crippen molar-refractivity contribution in [3.8, 4) is 5.75 Å². The summed E-state index contributed by atoms with van der Waals surface area (Å²) in [5, 5.41) is 9.93. The molecule has 0 aromatic carbocycles. The fraction of sp³-hybridized carbons (Fsp3) is 0.474. The minimum Gasteiger partial charge on any atom is -0.505 e. The van der Waals surface area contributed by atoms with Crippen LogP contribution in [-0.4, -0.2) is 61.3 Å². The number of carbonyl (C=O) groups is 2. The first kappa shape index (κ1) is 17.5. The van der Waals surface area contributed by atoms with E-state index in [0.717, 1.165) is 17.8 Å². The summed E-state index contributed by atoms with van der Waals surface area (Å²) in [5.41, 5.74) is 1.61. The number of H-pyrrole nitrogens is 1. The number of likely N-dealkylation sites (tertiary alicyclic amines) is 1. The number of imidazole rings is 1. The molecule has 4 heterocycles. The number of aromatic hydroxyl groups is 1. The van der Waals surface area contributed by atoms with Crippen molar-refractivity contribution in [2.24, 2.45) is 0 Å². The molecule has 8 heteroatoms. The minimum absolute atomic E-state index is 0.0686. The topological polar surface area (TPSA) is 102 Å². The summed E-state index contributed by atoms with van der Waals surface area (Å²) in [4.78, 5) is 40.8. The molecule has 27 heavy (non-hydrogen) atoms. The van der Waals surface area contributed by atoms with Gasteiger partial charge in [0.15, 0.2) is 5.69 Å². The molecule has 142 valence electrons. The van der Waals surface area contributed by atoms with E-state index in [1.807, 2.05) is 11.8 Å². The van der Waals surface area contributed by atoms with E-state index in [4.69, 9.17) is 0 Å². The number of hydrogen-bond donors (Lipinski definition) is 2. The van der Waals surface area contributed by atoms with Crippen LogP contribution in [-0.2, 0) is 16.8 Å². The number of nitrogens with one attached hydrogen (secondary N) is 1. The molecule has 2 aliphatic heterocycles. The summed E-state index contributed by atoms with van der Waals surface area (Å²) in [6, 6.07) is 3.05. The average Bonchev–Trinajstić information content (AvgIpc) is 3.18. The van der Waals surface area contributed by atoms with Crippen molar-refractivity contribution >= 4 is 11.8 Å². The second-order valence-corrected chi connectivity index (χ2v) is 7.07. The van der Waals surface area contributed by atoms with E-state index >= 15 is 0 Å². The summed E-state index contributed by atoms with van der Waals surface area (Å²) in [5.74, 6) is -0.280. The van der Waals surface area contributed by atoms with Crippen molar-refractivity contribution in [2.75, 3.05) is 19.6 Å². The van der Waals surface area contributed by atoms with Gasteiger partial charge in [-0.05, 0) is 25.0 Å². The molecule has 1 fully saturated rings. The zero-order chi connectivity index (χ0) is 19.0. The van der Waals surface area contributed by atoms with E-state index in [1.54, 1.807) is 17.3 Å². The van der Waals surface area contributed by atoms with Gasteiger partial charge in [0.05, 0.1) is 17.6 Å². The van der Waals surface area contributed by atoms with Crippen LogP contribution in [0.3, 0.4) is 0 Å². The third-order valence-electron chi connectivity index (χ3n) is 5.73. The van der Waals surface area contributed by atoms with Gasteiger partial charge in [-0.1, -0.05) is 6.92 Å². The van der Waals surface area contributed by atoms with Crippen LogP contribution in [0.2, 0.25) is 0 Å². The van der Waals surface area contributed by atoms with Gasteiger partial charge in [-0.15, -0.1) is 0 Å². The van der Waals surface area contributed by atoms with Gasteiger partial charge in [0, 0.05) is 44.4 Å². The third kappa shape index (κ3) is 2.75. The molecule has 0 aliphatic carbocycles. The van der Waals surface area contributed by atoms with Gasteiger partial charge in [-0.3, -0.25) is 9.59 Å². The molecule has 1 spiro atoms. The number of aromatic nitrogens is 3. The molecule has 4 rings (SSSR count). The fourth-order valence-electron chi connectivity index (χ4n) is 4.33. The highest BCUT2D eigenvalue weighted by molar-refractivity contribution is 5.94. The molecule has 2 aromatic heterocycles. The zero-order valence-electron chi connectivity index (χ0n) is 15.3. The monoisotopic (exact) mass is 369 g/mol. The summed E-state index contributed by atoms with van der Waals surface area (Å²) in [7, 11) is 0. The van der Waals surface area contributed by atoms with E-state index in [2.05, 4.69) is 15.0 Å². The molecule has 0 unspecified atom stereocenters. The number of piperidine rings is 1. The summed E-state index contributed by atoms with van der Waals surface area (Å²) in [6.45, 7) is 3.50. The van der Waals surface area contributed by atoms with E-state index in [-0.39, 0.29) is 23.3 Å². The molecule has 2 aliphatic rings. The second-order valence-electron chi connectivity index (χ2n) is 7.07. The summed E-state index contributed by atoms with van der Waals surface area (Å²) >= 11 is 0. The Balaban J connectivity index is 1.60. The van der Waals surface area contributed by atoms with Crippen LogP contribution >= 0.6 is 0 Å². The van der Waals surface area contributed by atoms with E-state index in [9.17, 15) is 14.7 Å². The maximum atomic E-state index is 12.8. The van der Waals surface area contributed by atoms with Gasteiger partial charge in [-0.25, -0.2) is 9.97 Å². The Bertz CT molecular complexity index is 870. The number of rotatable bonds is 2. The Hall–Kier alpha value is -2.90. The largest absolute Gasteiger partial charge is 0.505 e. The maximum Gasteiger partial charge on any atom is 0.276 e. The standard InChI is InChI=1S/C19H23N5O3/c1-2-15(26)24-9-5-13-17(22-12-21-13)19(24)6-10-23(11-7-19)18(27)16-14(25)4-3-8-20-16/h3-4,8,12,25H,2,5-7,9-11H2,1H3,(H,21,22). The van der Waals surface area contributed by atoms with Crippen molar-refractivity contribution < 1.29 is 14.7 Å². The minimum atomic E-state index is -0.469. The molecule has 0 atom stereocenters. The van der Waals surface area contributed by atoms with Gasteiger partial charge < -0.3 is 19.9 Å². The lowest BCUT2D eigenvalue weighted by Crippen LogP contribution is -2.58. The fourth-order valence-corrected chi connectivity index (χ4v) is 4.33. The molecule has 2 amide bonds. The number of carbonyl (C=O) groups excluding carboxylic acids is 2. The molecule has 0 radical (unpaired) electrons. The van der Waals surface area contributed by atoms with Gasteiger partial charge in [0.2, 0.25) is 5.91 Å². The predicted molar refractivity (Wildman–Crippen MR) is 97.0 cm³/mol. The molecule has 0 bridgehead atoms. The quantitative estimate of drug-likeness (QED) is 0.834. The number of hydrogen-bond acceptors (Lipinski definition) is 5. The number of aromatic amines is 1. The maximum absolute atomic E-state index is 12.8.